The molecule has 6 nitrogen and oxygen atoms in total. The highest BCUT2D eigenvalue weighted by molar-refractivity contribution is 7.91. The van der Waals surface area contributed by atoms with E-state index in [9.17, 15) is 13.2 Å². The first kappa shape index (κ1) is 20.5. The summed E-state index contributed by atoms with van der Waals surface area (Å²) in [4.78, 5) is 16.5. The van der Waals surface area contributed by atoms with Gasteiger partial charge in [-0.05, 0) is 66.9 Å². The average Bonchev–Trinajstić information content (AvgIpc) is 2.74. The molecule has 3 aromatic rings. The molecule has 2 aromatic carbocycles. The second kappa shape index (κ2) is 8.45. The fourth-order valence-corrected chi connectivity index (χ4v) is 3.96. The third-order valence-electron chi connectivity index (χ3n) is 4.67. The molecule has 1 aromatic heterocycles. The second-order valence-corrected chi connectivity index (χ2v) is 8.56. The molecule has 0 fully saturated rings. The molecule has 1 amide bonds. The summed E-state index contributed by atoms with van der Waals surface area (Å²) in [7, 11) is -2.15. The smallest absolute Gasteiger partial charge is 0.253 e. The predicted molar refractivity (Wildman–Crippen MR) is 110 cm³/mol. The van der Waals surface area contributed by atoms with Gasteiger partial charge in [0.2, 0.25) is 9.84 Å². The minimum absolute atomic E-state index is 0.0903. The van der Waals surface area contributed by atoms with Gasteiger partial charge in [-0.25, -0.2) is 13.4 Å². The Bertz CT molecular complexity index is 1120. The van der Waals surface area contributed by atoms with Crippen molar-refractivity contribution in [2.75, 3.05) is 7.11 Å². The molecule has 1 N–H and O–H groups in total. The number of rotatable bonds is 6. The van der Waals surface area contributed by atoms with E-state index < -0.39 is 9.84 Å². The monoisotopic (exact) mass is 410 g/mol. The molecule has 0 saturated carbocycles. The number of hydrogen-bond donors (Lipinski definition) is 1. The van der Waals surface area contributed by atoms with E-state index in [2.05, 4.69) is 10.3 Å². The number of aromatic nitrogens is 1. The minimum Gasteiger partial charge on any atom is -0.497 e. The summed E-state index contributed by atoms with van der Waals surface area (Å²) in [6.45, 7) is 4.12. The first-order valence-corrected chi connectivity index (χ1v) is 10.5. The summed E-state index contributed by atoms with van der Waals surface area (Å²) in [6.07, 6.45) is 1.28. The highest BCUT2D eigenvalue weighted by Gasteiger charge is 2.20. The summed E-state index contributed by atoms with van der Waals surface area (Å²) >= 11 is 0. The molecule has 0 aliphatic heterocycles. The Kier molecular flexibility index (Phi) is 5.98. The van der Waals surface area contributed by atoms with E-state index in [1.807, 2.05) is 38.1 Å². The van der Waals surface area contributed by atoms with Gasteiger partial charge in [-0.3, -0.25) is 4.79 Å². The largest absolute Gasteiger partial charge is 0.497 e. The van der Waals surface area contributed by atoms with Gasteiger partial charge in [-0.1, -0.05) is 18.2 Å². The van der Waals surface area contributed by atoms with E-state index in [0.29, 0.717) is 6.54 Å². The first-order valence-electron chi connectivity index (χ1n) is 9.01. The Morgan fingerprint density at radius 1 is 1.00 bits per heavy atom. The maximum atomic E-state index is 12.8. The first-order chi connectivity index (χ1) is 13.8. The van der Waals surface area contributed by atoms with Gasteiger partial charge in [0.1, 0.15) is 5.75 Å². The van der Waals surface area contributed by atoms with Crippen LogP contribution in [0.1, 0.15) is 27.0 Å². The molecule has 0 spiro atoms. The van der Waals surface area contributed by atoms with Crippen molar-refractivity contribution in [1.29, 1.82) is 0 Å². The summed E-state index contributed by atoms with van der Waals surface area (Å²) in [5.41, 5.74) is 3.11. The number of hydrogen-bond acceptors (Lipinski definition) is 5. The van der Waals surface area contributed by atoms with Gasteiger partial charge in [0.25, 0.3) is 5.91 Å². The van der Waals surface area contributed by atoms with E-state index in [1.165, 1.54) is 18.3 Å². The van der Waals surface area contributed by atoms with E-state index in [-0.39, 0.29) is 21.4 Å². The number of nitrogens with zero attached hydrogens (tertiary/aromatic N) is 1. The van der Waals surface area contributed by atoms with Crippen molar-refractivity contribution in [1.82, 2.24) is 10.3 Å². The van der Waals surface area contributed by atoms with Crippen molar-refractivity contribution in [3.8, 4) is 5.75 Å². The Labute approximate surface area is 170 Å². The lowest BCUT2D eigenvalue weighted by Crippen LogP contribution is -2.23. The van der Waals surface area contributed by atoms with Crippen LogP contribution in [0, 0.1) is 13.8 Å². The predicted octanol–water partition coefficient (Wildman–Crippen LogP) is 3.47. The van der Waals surface area contributed by atoms with Crippen LogP contribution >= 0.6 is 0 Å². The number of aryl methyl sites for hydroxylation is 2. The van der Waals surface area contributed by atoms with Crippen molar-refractivity contribution in [3.05, 3.63) is 83.0 Å². The fraction of sp³-hybridized carbons (Fsp3) is 0.182. The quantitative estimate of drug-likeness (QED) is 0.673. The zero-order chi connectivity index (χ0) is 21.0. The molecule has 3 rings (SSSR count). The van der Waals surface area contributed by atoms with Gasteiger partial charge in [-0.2, -0.15) is 0 Å². The molecule has 0 unspecified atom stereocenters. The lowest BCUT2D eigenvalue weighted by atomic mass is 10.1. The molecule has 0 aliphatic rings. The summed E-state index contributed by atoms with van der Waals surface area (Å²) in [6, 6.07) is 15.1. The fourth-order valence-electron chi connectivity index (χ4n) is 2.70. The van der Waals surface area contributed by atoms with Crippen LogP contribution in [0.25, 0.3) is 0 Å². The van der Waals surface area contributed by atoms with Gasteiger partial charge in [0.05, 0.1) is 17.6 Å². The van der Waals surface area contributed by atoms with Crippen LogP contribution in [0.3, 0.4) is 0 Å². The molecule has 0 atom stereocenters. The number of benzene rings is 2. The number of methoxy groups -OCH3 is 1. The summed E-state index contributed by atoms with van der Waals surface area (Å²) < 4.78 is 30.6. The van der Waals surface area contributed by atoms with Gasteiger partial charge in [-0.15, -0.1) is 0 Å². The van der Waals surface area contributed by atoms with Crippen molar-refractivity contribution in [2.24, 2.45) is 0 Å². The Morgan fingerprint density at radius 2 is 1.72 bits per heavy atom. The normalized spacial score (nSPS) is 11.1. The van der Waals surface area contributed by atoms with E-state index in [1.54, 1.807) is 25.3 Å². The third kappa shape index (κ3) is 4.63. The Hall–Kier alpha value is -3.19. The maximum Gasteiger partial charge on any atom is 0.253 e. The van der Waals surface area contributed by atoms with Crippen molar-refractivity contribution >= 4 is 15.7 Å². The number of pyridine rings is 1. The number of carbonyl (C=O) groups excluding carboxylic acids is 1. The molecule has 0 aliphatic carbocycles. The highest BCUT2D eigenvalue weighted by atomic mass is 32.2. The van der Waals surface area contributed by atoms with Crippen molar-refractivity contribution in [2.45, 2.75) is 30.3 Å². The number of amides is 1. The summed E-state index contributed by atoms with van der Waals surface area (Å²) in [5, 5.41) is 2.70. The molecule has 0 saturated heterocycles. The molecule has 150 valence electrons. The van der Waals surface area contributed by atoms with E-state index in [4.69, 9.17) is 4.74 Å². The molecular weight excluding hydrogens is 388 g/mol. The van der Waals surface area contributed by atoms with Crippen LogP contribution in [0.5, 0.6) is 5.75 Å². The lowest BCUT2D eigenvalue weighted by molar-refractivity contribution is 0.0950. The zero-order valence-electron chi connectivity index (χ0n) is 16.5. The SMILES string of the molecule is COc1ccc(CNC(=O)c2ccc(S(=O)(=O)c3ccc(C)c(C)c3)nc2)cc1. The molecular formula is C22H22N2O4S. The number of nitrogens with one attached hydrogen (secondary N) is 1. The van der Waals surface area contributed by atoms with Crippen LogP contribution < -0.4 is 10.1 Å². The number of sulfone groups is 1. The number of ether oxygens (including phenoxy) is 1. The third-order valence-corrected chi connectivity index (χ3v) is 6.34. The van der Waals surface area contributed by atoms with Crippen LogP contribution in [-0.2, 0) is 16.4 Å². The van der Waals surface area contributed by atoms with Gasteiger partial charge in [0, 0.05) is 12.7 Å². The molecule has 0 radical (unpaired) electrons. The van der Waals surface area contributed by atoms with Gasteiger partial charge < -0.3 is 10.1 Å². The average molecular weight is 410 g/mol. The maximum absolute atomic E-state index is 12.8. The van der Waals surface area contributed by atoms with Crippen molar-refractivity contribution < 1.29 is 17.9 Å². The van der Waals surface area contributed by atoms with E-state index >= 15 is 0 Å². The molecule has 29 heavy (non-hydrogen) atoms. The van der Waals surface area contributed by atoms with Crippen molar-refractivity contribution in [3.63, 3.8) is 0 Å². The van der Waals surface area contributed by atoms with Crippen LogP contribution in [0.15, 0.2) is 70.7 Å². The van der Waals surface area contributed by atoms with Crippen LogP contribution in [-0.4, -0.2) is 26.4 Å². The zero-order valence-corrected chi connectivity index (χ0v) is 17.3. The molecule has 1 heterocycles. The van der Waals surface area contributed by atoms with Crippen LogP contribution in [0.4, 0.5) is 0 Å². The molecule has 7 heteroatoms. The van der Waals surface area contributed by atoms with E-state index in [0.717, 1.165) is 22.4 Å². The summed E-state index contributed by atoms with van der Waals surface area (Å²) in [5.74, 6) is 0.410. The number of carbonyl (C=O) groups is 1. The molecule has 0 bridgehead atoms. The van der Waals surface area contributed by atoms with Gasteiger partial charge in [0.15, 0.2) is 5.03 Å². The minimum atomic E-state index is -3.74. The topological polar surface area (TPSA) is 85.4 Å². The Balaban J connectivity index is 1.71. The van der Waals surface area contributed by atoms with Crippen LogP contribution in [0.2, 0.25) is 0 Å². The van der Waals surface area contributed by atoms with Gasteiger partial charge >= 0.3 is 0 Å². The highest BCUT2D eigenvalue weighted by Crippen LogP contribution is 2.21. The Morgan fingerprint density at radius 3 is 2.31 bits per heavy atom. The lowest BCUT2D eigenvalue weighted by Gasteiger charge is -2.08. The second-order valence-electron chi connectivity index (χ2n) is 6.67. The standard InChI is InChI=1S/C22H22N2O4S/c1-15-4-10-20(12-16(15)2)29(26,27)21-11-7-18(14-23-21)22(25)24-13-17-5-8-19(28-3)9-6-17/h4-12,14H,13H2,1-3H3,(H,24,25).